The van der Waals surface area contributed by atoms with E-state index in [2.05, 4.69) is 15.2 Å². The number of hydrogen-bond donors (Lipinski definition) is 0. The number of aryl methyl sites for hydroxylation is 1. The molecule has 0 saturated heterocycles. The molecule has 0 aliphatic carbocycles. The lowest BCUT2D eigenvalue weighted by atomic mass is 10.1. The Morgan fingerprint density at radius 1 is 1.09 bits per heavy atom. The molecule has 2 aromatic heterocycles. The Hall–Kier alpha value is -2.34. The summed E-state index contributed by atoms with van der Waals surface area (Å²) >= 11 is 1.46. The average molecular weight is 313 g/mol. The molecule has 0 aliphatic rings. The van der Waals surface area contributed by atoms with Gasteiger partial charge in [-0.15, -0.1) is 10.2 Å². The molecular weight excluding hydrogens is 298 g/mol. The highest BCUT2D eigenvalue weighted by atomic mass is 32.2. The van der Waals surface area contributed by atoms with Crippen LogP contribution in [0.5, 0.6) is 5.75 Å². The van der Waals surface area contributed by atoms with Gasteiger partial charge in [-0.2, -0.15) is 0 Å². The monoisotopic (exact) mass is 313 g/mol. The first kappa shape index (κ1) is 14.6. The van der Waals surface area contributed by atoms with Crippen molar-refractivity contribution in [2.45, 2.75) is 17.9 Å². The predicted molar refractivity (Wildman–Crippen MR) is 84.8 cm³/mol. The fourth-order valence-corrected chi connectivity index (χ4v) is 2.51. The van der Waals surface area contributed by atoms with Gasteiger partial charge < -0.3 is 9.15 Å². The molecule has 0 unspecified atom stereocenters. The number of hydrogen-bond acceptors (Lipinski definition) is 6. The van der Waals surface area contributed by atoms with Crippen LogP contribution in [0.15, 0.2) is 52.2 Å². The van der Waals surface area contributed by atoms with E-state index < -0.39 is 0 Å². The van der Waals surface area contributed by atoms with Gasteiger partial charge in [0.05, 0.1) is 19.0 Å². The summed E-state index contributed by atoms with van der Waals surface area (Å²) < 4.78 is 10.7. The number of aromatic nitrogens is 3. The highest BCUT2D eigenvalue weighted by molar-refractivity contribution is 7.98. The number of thioether (sulfide) groups is 1. The molecule has 0 atom stereocenters. The molecule has 0 saturated carbocycles. The Bertz CT molecular complexity index is 739. The second-order valence-electron chi connectivity index (χ2n) is 4.72. The molecule has 22 heavy (non-hydrogen) atoms. The summed E-state index contributed by atoms with van der Waals surface area (Å²) in [5, 5.41) is 8.67. The number of pyridine rings is 1. The molecule has 3 rings (SSSR count). The molecule has 0 spiro atoms. The number of benzene rings is 1. The van der Waals surface area contributed by atoms with Crippen LogP contribution >= 0.6 is 11.8 Å². The topological polar surface area (TPSA) is 61.0 Å². The fraction of sp³-hybridized carbons (Fsp3) is 0.188. The highest BCUT2D eigenvalue weighted by Crippen LogP contribution is 2.25. The second kappa shape index (κ2) is 6.62. The predicted octanol–water partition coefficient (Wildman–Crippen LogP) is 3.74. The van der Waals surface area contributed by atoms with E-state index in [1.54, 1.807) is 13.3 Å². The smallest absolute Gasteiger partial charge is 0.277 e. The van der Waals surface area contributed by atoms with Crippen molar-refractivity contribution in [3.8, 4) is 17.2 Å². The maximum atomic E-state index is 5.66. The third-order valence-corrected chi connectivity index (χ3v) is 3.93. The summed E-state index contributed by atoms with van der Waals surface area (Å²) in [5.41, 5.74) is 3.05. The Morgan fingerprint density at radius 3 is 2.59 bits per heavy atom. The molecule has 0 fully saturated rings. The molecule has 0 N–H and O–H groups in total. The zero-order chi connectivity index (χ0) is 15.4. The van der Waals surface area contributed by atoms with Gasteiger partial charge in [-0.25, -0.2) is 0 Å². The van der Waals surface area contributed by atoms with Crippen LogP contribution in [0.2, 0.25) is 0 Å². The van der Waals surface area contributed by atoms with Crippen LogP contribution in [0, 0.1) is 6.92 Å². The first-order valence-electron chi connectivity index (χ1n) is 6.77. The first-order valence-corrected chi connectivity index (χ1v) is 7.75. The quantitative estimate of drug-likeness (QED) is 0.669. The zero-order valence-corrected chi connectivity index (χ0v) is 13.1. The van der Waals surface area contributed by atoms with E-state index in [1.165, 1.54) is 17.3 Å². The molecule has 6 heteroatoms. The van der Waals surface area contributed by atoms with E-state index in [9.17, 15) is 0 Å². The van der Waals surface area contributed by atoms with Gasteiger partial charge in [0.25, 0.3) is 5.22 Å². The van der Waals surface area contributed by atoms with Crippen molar-refractivity contribution >= 4 is 11.8 Å². The van der Waals surface area contributed by atoms with E-state index in [1.807, 2.05) is 43.3 Å². The van der Waals surface area contributed by atoms with Gasteiger partial charge in [0.15, 0.2) is 0 Å². The highest BCUT2D eigenvalue weighted by Gasteiger charge is 2.09. The summed E-state index contributed by atoms with van der Waals surface area (Å²) in [4.78, 5) is 4.30. The third-order valence-electron chi connectivity index (χ3n) is 3.08. The lowest BCUT2D eigenvalue weighted by Gasteiger charge is -2.00. The SMILES string of the molecule is COc1ccc(CSc2nnc(-c3ccc(C)cc3)o2)nc1. The van der Waals surface area contributed by atoms with Gasteiger partial charge in [0.1, 0.15) is 5.75 Å². The molecular formula is C16H15N3O2S. The molecule has 112 valence electrons. The first-order chi connectivity index (χ1) is 10.7. The van der Waals surface area contributed by atoms with E-state index in [4.69, 9.17) is 9.15 Å². The molecule has 0 amide bonds. The van der Waals surface area contributed by atoms with Crippen LogP contribution in [0.25, 0.3) is 11.5 Å². The van der Waals surface area contributed by atoms with E-state index in [-0.39, 0.29) is 0 Å². The van der Waals surface area contributed by atoms with Crippen LogP contribution < -0.4 is 4.74 Å². The van der Waals surface area contributed by atoms with Crippen molar-refractivity contribution in [3.05, 3.63) is 53.9 Å². The van der Waals surface area contributed by atoms with Gasteiger partial charge in [-0.3, -0.25) is 4.98 Å². The Balaban J connectivity index is 1.65. The van der Waals surface area contributed by atoms with Crippen molar-refractivity contribution in [1.82, 2.24) is 15.2 Å². The van der Waals surface area contributed by atoms with Gasteiger partial charge >= 0.3 is 0 Å². The van der Waals surface area contributed by atoms with Crippen molar-refractivity contribution < 1.29 is 9.15 Å². The Morgan fingerprint density at radius 2 is 1.91 bits per heavy atom. The van der Waals surface area contributed by atoms with Gasteiger partial charge in [-0.1, -0.05) is 29.5 Å². The van der Waals surface area contributed by atoms with Crippen molar-refractivity contribution in [3.63, 3.8) is 0 Å². The molecule has 3 aromatic rings. The van der Waals surface area contributed by atoms with Crippen LogP contribution in [-0.4, -0.2) is 22.3 Å². The second-order valence-corrected chi connectivity index (χ2v) is 5.64. The number of ether oxygens (including phenoxy) is 1. The van der Waals surface area contributed by atoms with Gasteiger partial charge in [0, 0.05) is 11.3 Å². The van der Waals surface area contributed by atoms with Crippen LogP contribution in [0.4, 0.5) is 0 Å². The standard InChI is InChI=1S/C16H15N3O2S/c1-11-3-5-12(6-4-11)15-18-19-16(21-15)22-10-13-7-8-14(20-2)9-17-13/h3-9H,10H2,1-2H3. The molecule has 5 nitrogen and oxygen atoms in total. The zero-order valence-electron chi connectivity index (χ0n) is 12.3. The van der Waals surface area contributed by atoms with Crippen molar-refractivity contribution in [2.24, 2.45) is 0 Å². The van der Waals surface area contributed by atoms with Crippen LogP contribution in [0.1, 0.15) is 11.3 Å². The Kier molecular flexibility index (Phi) is 4.39. The summed E-state index contributed by atoms with van der Waals surface area (Å²) in [7, 11) is 1.62. The lowest BCUT2D eigenvalue weighted by molar-refractivity contribution is 0.412. The summed E-state index contributed by atoms with van der Waals surface area (Å²) in [6.07, 6.45) is 1.70. The molecule has 0 radical (unpaired) electrons. The molecule has 1 aromatic carbocycles. The third kappa shape index (κ3) is 3.46. The minimum atomic E-state index is 0.533. The van der Waals surface area contributed by atoms with Gasteiger partial charge in [0.2, 0.25) is 5.89 Å². The maximum absolute atomic E-state index is 5.66. The molecule has 0 bridgehead atoms. The lowest BCUT2D eigenvalue weighted by Crippen LogP contribution is -1.88. The Labute approximate surface area is 132 Å². The van der Waals surface area contributed by atoms with Crippen molar-refractivity contribution in [2.75, 3.05) is 7.11 Å². The van der Waals surface area contributed by atoms with Crippen LogP contribution in [-0.2, 0) is 5.75 Å². The average Bonchev–Trinajstić information content (AvgIpc) is 3.03. The number of nitrogens with zero attached hydrogens (tertiary/aromatic N) is 3. The summed E-state index contributed by atoms with van der Waals surface area (Å²) in [5.74, 6) is 1.94. The number of methoxy groups -OCH3 is 1. The minimum absolute atomic E-state index is 0.533. The van der Waals surface area contributed by atoms with E-state index in [0.29, 0.717) is 16.9 Å². The van der Waals surface area contributed by atoms with Crippen LogP contribution in [0.3, 0.4) is 0 Å². The number of rotatable bonds is 5. The molecule has 2 heterocycles. The largest absolute Gasteiger partial charge is 0.495 e. The maximum Gasteiger partial charge on any atom is 0.277 e. The summed E-state index contributed by atoms with van der Waals surface area (Å²) in [6.45, 7) is 2.04. The molecule has 0 aliphatic heterocycles. The van der Waals surface area contributed by atoms with E-state index >= 15 is 0 Å². The fourth-order valence-electron chi connectivity index (χ4n) is 1.83. The van der Waals surface area contributed by atoms with Crippen molar-refractivity contribution in [1.29, 1.82) is 0 Å². The van der Waals surface area contributed by atoms with Gasteiger partial charge in [-0.05, 0) is 31.2 Å². The summed E-state index contributed by atoms with van der Waals surface area (Å²) in [6, 6.07) is 11.8. The van der Waals surface area contributed by atoms with E-state index in [0.717, 1.165) is 17.0 Å². The normalized spacial score (nSPS) is 10.6. The minimum Gasteiger partial charge on any atom is -0.495 e.